The highest BCUT2D eigenvalue weighted by molar-refractivity contribution is 7.92. The zero-order valence-corrected chi connectivity index (χ0v) is 23.8. The Morgan fingerprint density at radius 1 is 0.974 bits per heavy atom. The van der Waals surface area contributed by atoms with Crippen LogP contribution in [0.4, 0.5) is 5.69 Å². The topological polar surface area (TPSA) is 86.8 Å². The lowest BCUT2D eigenvalue weighted by molar-refractivity contribution is -0.139. The number of anilines is 1. The molecule has 1 N–H and O–H groups in total. The van der Waals surface area contributed by atoms with Crippen molar-refractivity contribution in [3.8, 4) is 0 Å². The largest absolute Gasteiger partial charge is 0.352 e. The number of sulfonamides is 1. The van der Waals surface area contributed by atoms with Crippen molar-refractivity contribution in [2.45, 2.75) is 63.1 Å². The van der Waals surface area contributed by atoms with Crippen LogP contribution in [0, 0.1) is 6.92 Å². The standard InChI is InChI=1S/C30H34ClN3O4S/c1-22-17-18-26(19-28(22)31)34(39(37,38)27-15-7-4-8-16-27)21-29(35)33(20-24-11-5-3-6-12-24)23(2)30(36)32-25-13-9-10-14-25/h3-8,11-12,15-19,23,25H,9-10,13-14,20-21H2,1-2H3,(H,32,36). The lowest BCUT2D eigenvalue weighted by Crippen LogP contribution is -2.52. The van der Waals surface area contributed by atoms with Crippen molar-refractivity contribution < 1.29 is 18.0 Å². The fourth-order valence-corrected chi connectivity index (χ4v) is 6.34. The van der Waals surface area contributed by atoms with Crippen LogP contribution in [0.1, 0.15) is 43.7 Å². The van der Waals surface area contributed by atoms with E-state index in [1.54, 1.807) is 43.3 Å². The minimum Gasteiger partial charge on any atom is -0.352 e. The second-order valence-corrected chi connectivity index (χ2v) is 12.2. The number of carbonyl (C=O) groups excluding carboxylic acids is 2. The van der Waals surface area contributed by atoms with Gasteiger partial charge in [0.05, 0.1) is 10.6 Å². The molecule has 1 fully saturated rings. The van der Waals surface area contributed by atoms with E-state index in [1.165, 1.54) is 17.0 Å². The molecule has 3 aromatic carbocycles. The predicted octanol–water partition coefficient (Wildman–Crippen LogP) is 5.32. The number of aryl methyl sites for hydroxylation is 1. The van der Waals surface area contributed by atoms with E-state index in [9.17, 15) is 18.0 Å². The van der Waals surface area contributed by atoms with E-state index >= 15 is 0 Å². The van der Waals surface area contributed by atoms with Gasteiger partial charge < -0.3 is 10.2 Å². The van der Waals surface area contributed by atoms with E-state index in [0.29, 0.717) is 5.02 Å². The molecular weight excluding hydrogens is 534 g/mol. The molecule has 0 radical (unpaired) electrons. The molecule has 3 aromatic rings. The van der Waals surface area contributed by atoms with Crippen LogP contribution in [0.15, 0.2) is 83.8 Å². The summed E-state index contributed by atoms with van der Waals surface area (Å²) in [4.78, 5) is 28.7. The first-order valence-electron chi connectivity index (χ1n) is 13.1. The van der Waals surface area contributed by atoms with Crippen LogP contribution < -0.4 is 9.62 Å². The molecule has 2 amide bonds. The van der Waals surface area contributed by atoms with Crippen LogP contribution in [0.3, 0.4) is 0 Å². The first-order chi connectivity index (χ1) is 18.7. The second kappa shape index (κ2) is 12.7. The normalized spacial score (nSPS) is 14.5. The van der Waals surface area contributed by atoms with Crippen LogP contribution in [0.2, 0.25) is 5.02 Å². The van der Waals surface area contributed by atoms with Gasteiger partial charge in [0.15, 0.2) is 0 Å². The van der Waals surface area contributed by atoms with Crippen LogP contribution in [-0.2, 0) is 26.2 Å². The molecule has 9 heteroatoms. The van der Waals surface area contributed by atoms with E-state index in [2.05, 4.69) is 5.32 Å². The number of halogens is 1. The molecule has 1 aliphatic rings. The van der Waals surface area contributed by atoms with Crippen molar-refractivity contribution in [1.29, 1.82) is 0 Å². The number of hydrogen-bond acceptors (Lipinski definition) is 4. The smallest absolute Gasteiger partial charge is 0.264 e. The number of rotatable bonds is 10. The third kappa shape index (κ3) is 6.99. The van der Waals surface area contributed by atoms with Gasteiger partial charge in [-0.2, -0.15) is 0 Å². The highest BCUT2D eigenvalue weighted by Crippen LogP contribution is 2.28. The Hall–Kier alpha value is -3.36. The maximum Gasteiger partial charge on any atom is 0.264 e. The van der Waals surface area contributed by atoms with Gasteiger partial charge in [0.1, 0.15) is 12.6 Å². The lowest BCUT2D eigenvalue weighted by Gasteiger charge is -2.32. The number of hydrogen-bond donors (Lipinski definition) is 1. The average molecular weight is 568 g/mol. The van der Waals surface area contributed by atoms with Crippen LogP contribution in [0.25, 0.3) is 0 Å². The van der Waals surface area contributed by atoms with Gasteiger partial charge in [-0.05, 0) is 62.1 Å². The highest BCUT2D eigenvalue weighted by atomic mass is 35.5. The predicted molar refractivity (Wildman–Crippen MR) is 154 cm³/mol. The number of carbonyl (C=O) groups is 2. The summed E-state index contributed by atoms with van der Waals surface area (Å²) in [7, 11) is -4.12. The lowest BCUT2D eigenvalue weighted by atomic mass is 10.1. The van der Waals surface area contributed by atoms with Crippen molar-refractivity contribution in [3.05, 3.63) is 95.0 Å². The average Bonchev–Trinajstić information content (AvgIpc) is 3.45. The van der Waals surface area contributed by atoms with Crippen molar-refractivity contribution in [2.75, 3.05) is 10.8 Å². The monoisotopic (exact) mass is 567 g/mol. The van der Waals surface area contributed by atoms with Gasteiger partial charge >= 0.3 is 0 Å². The maximum absolute atomic E-state index is 14.0. The van der Waals surface area contributed by atoms with Crippen LogP contribution in [-0.4, -0.2) is 43.8 Å². The van der Waals surface area contributed by atoms with Crippen LogP contribution in [0.5, 0.6) is 0 Å². The van der Waals surface area contributed by atoms with Gasteiger partial charge in [-0.25, -0.2) is 8.42 Å². The summed E-state index contributed by atoms with van der Waals surface area (Å²) < 4.78 is 28.7. The maximum atomic E-state index is 14.0. The molecule has 0 heterocycles. The van der Waals surface area contributed by atoms with E-state index in [4.69, 9.17) is 11.6 Å². The minimum atomic E-state index is -4.12. The molecule has 0 bridgehead atoms. The van der Waals surface area contributed by atoms with E-state index in [1.807, 2.05) is 37.3 Å². The first kappa shape index (κ1) is 28.6. The molecule has 1 unspecified atom stereocenters. The van der Waals surface area contributed by atoms with Gasteiger partial charge in [0.2, 0.25) is 11.8 Å². The Bertz CT molecular complexity index is 1390. The molecule has 0 spiro atoms. The fraction of sp³-hybridized carbons (Fsp3) is 0.333. The third-order valence-corrected chi connectivity index (χ3v) is 9.31. The Morgan fingerprint density at radius 2 is 1.59 bits per heavy atom. The molecule has 1 aliphatic carbocycles. The Labute approximate surface area is 235 Å². The highest BCUT2D eigenvalue weighted by Gasteiger charge is 2.33. The Balaban J connectivity index is 1.68. The molecule has 206 valence electrons. The number of benzene rings is 3. The molecule has 7 nitrogen and oxygen atoms in total. The van der Waals surface area contributed by atoms with Gasteiger partial charge in [0, 0.05) is 17.6 Å². The van der Waals surface area contributed by atoms with Crippen molar-refractivity contribution in [2.24, 2.45) is 0 Å². The molecule has 1 saturated carbocycles. The summed E-state index contributed by atoms with van der Waals surface area (Å²) in [5.41, 5.74) is 1.89. The quantitative estimate of drug-likeness (QED) is 0.359. The summed E-state index contributed by atoms with van der Waals surface area (Å²) in [5, 5.41) is 3.46. The second-order valence-electron chi connectivity index (χ2n) is 9.93. The number of nitrogens with zero attached hydrogens (tertiary/aromatic N) is 2. The summed E-state index contributed by atoms with van der Waals surface area (Å²) >= 11 is 6.36. The number of nitrogens with one attached hydrogen (secondary N) is 1. The van der Waals surface area contributed by atoms with E-state index in [0.717, 1.165) is 41.1 Å². The molecule has 39 heavy (non-hydrogen) atoms. The SMILES string of the molecule is Cc1ccc(N(CC(=O)N(Cc2ccccc2)C(C)C(=O)NC2CCCC2)S(=O)(=O)c2ccccc2)cc1Cl. The number of amides is 2. The van der Waals surface area contributed by atoms with E-state index in [-0.39, 0.29) is 29.1 Å². The van der Waals surface area contributed by atoms with Gasteiger partial charge in [-0.3, -0.25) is 13.9 Å². The van der Waals surface area contributed by atoms with E-state index < -0.39 is 28.5 Å². The van der Waals surface area contributed by atoms with Crippen molar-refractivity contribution >= 4 is 39.1 Å². The summed E-state index contributed by atoms with van der Waals surface area (Å²) in [5.74, 6) is -0.744. The Morgan fingerprint density at radius 3 is 2.21 bits per heavy atom. The zero-order valence-electron chi connectivity index (χ0n) is 22.2. The summed E-state index contributed by atoms with van der Waals surface area (Å²) in [6, 6.07) is 21.5. The molecule has 0 aliphatic heterocycles. The first-order valence-corrected chi connectivity index (χ1v) is 15.0. The molecule has 4 rings (SSSR count). The zero-order chi connectivity index (χ0) is 28.0. The molecule has 1 atom stereocenters. The van der Waals surface area contributed by atoms with Crippen molar-refractivity contribution in [1.82, 2.24) is 10.2 Å². The van der Waals surface area contributed by atoms with Crippen molar-refractivity contribution in [3.63, 3.8) is 0 Å². The molecule has 0 saturated heterocycles. The van der Waals surface area contributed by atoms with Gasteiger partial charge in [-0.15, -0.1) is 0 Å². The fourth-order valence-electron chi connectivity index (χ4n) is 4.74. The Kier molecular flexibility index (Phi) is 9.30. The molecule has 0 aromatic heterocycles. The third-order valence-electron chi connectivity index (χ3n) is 7.12. The van der Waals surface area contributed by atoms with Crippen LogP contribution >= 0.6 is 11.6 Å². The minimum absolute atomic E-state index is 0.0520. The van der Waals surface area contributed by atoms with Gasteiger partial charge in [0.25, 0.3) is 10.0 Å². The summed E-state index contributed by atoms with van der Waals surface area (Å²) in [6.45, 7) is 3.17. The molecular formula is C30H34ClN3O4S. The summed E-state index contributed by atoms with van der Waals surface area (Å²) in [6.07, 6.45) is 3.97. The van der Waals surface area contributed by atoms with Gasteiger partial charge in [-0.1, -0.05) is 79.0 Å².